The molecule has 0 unspecified atom stereocenters. The minimum atomic E-state index is -0.586. The monoisotopic (exact) mass is 322 g/mol. The standard InChI is InChI=1S/C16H26N4O3/c1-7-17-14(21)11-8-9-13(18-12(11)10-20(5)6)19-15(22)23-16(2,3)4/h8-9H,7,10H2,1-6H3,(H,17,21)(H,18,19,22). The van der Waals surface area contributed by atoms with Crippen molar-refractivity contribution in [2.45, 2.75) is 39.8 Å². The zero-order valence-corrected chi connectivity index (χ0v) is 14.7. The lowest BCUT2D eigenvalue weighted by atomic mass is 10.1. The largest absolute Gasteiger partial charge is 0.444 e. The number of hydrogen-bond donors (Lipinski definition) is 2. The minimum absolute atomic E-state index is 0.180. The first kappa shape index (κ1) is 18.9. The van der Waals surface area contributed by atoms with Crippen molar-refractivity contribution in [2.24, 2.45) is 0 Å². The molecule has 0 aliphatic rings. The molecular formula is C16H26N4O3. The van der Waals surface area contributed by atoms with E-state index >= 15 is 0 Å². The Bertz CT molecular complexity index is 565. The molecule has 0 aliphatic carbocycles. The predicted octanol–water partition coefficient (Wildman–Crippen LogP) is 2.24. The first-order chi connectivity index (χ1) is 10.6. The number of ether oxygens (including phenoxy) is 1. The lowest BCUT2D eigenvalue weighted by Crippen LogP contribution is -2.28. The van der Waals surface area contributed by atoms with Gasteiger partial charge in [0.05, 0.1) is 11.3 Å². The van der Waals surface area contributed by atoms with E-state index in [4.69, 9.17) is 4.74 Å². The van der Waals surface area contributed by atoms with Crippen LogP contribution in [0.4, 0.5) is 10.6 Å². The second-order valence-corrected chi connectivity index (χ2v) is 6.41. The third kappa shape index (κ3) is 6.65. The molecule has 0 aliphatic heterocycles. The number of amides is 2. The van der Waals surface area contributed by atoms with Crippen LogP contribution in [-0.2, 0) is 11.3 Å². The minimum Gasteiger partial charge on any atom is -0.444 e. The fourth-order valence-corrected chi connectivity index (χ4v) is 1.86. The quantitative estimate of drug-likeness (QED) is 0.868. The number of carbonyl (C=O) groups excluding carboxylic acids is 2. The van der Waals surface area contributed by atoms with E-state index in [1.807, 2.05) is 25.9 Å². The third-order valence-electron chi connectivity index (χ3n) is 2.65. The number of nitrogens with zero attached hydrogens (tertiary/aromatic N) is 2. The van der Waals surface area contributed by atoms with E-state index in [1.165, 1.54) is 0 Å². The molecule has 1 heterocycles. The van der Waals surface area contributed by atoms with Gasteiger partial charge in [0, 0.05) is 13.1 Å². The summed E-state index contributed by atoms with van der Waals surface area (Å²) in [5, 5.41) is 5.35. The van der Waals surface area contributed by atoms with E-state index in [-0.39, 0.29) is 5.91 Å². The summed E-state index contributed by atoms with van der Waals surface area (Å²) in [6.45, 7) is 8.24. The van der Waals surface area contributed by atoms with Gasteiger partial charge in [-0.05, 0) is 53.9 Å². The van der Waals surface area contributed by atoms with Gasteiger partial charge in [-0.1, -0.05) is 0 Å². The Kier molecular flexibility index (Phi) is 6.50. The van der Waals surface area contributed by atoms with Gasteiger partial charge in [-0.25, -0.2) is 9.78 Å². The van der Waals surface area contributed by atoms with Crippen LogP contribution in [0.3, 0.4) is 0 Å². The molecule has 0 saturated heterocycles. The van der Waals surface area contributed by atoms with E-state index in [1.54, 1.807) is 32.9 Å². The maximum Gasteiger partial charge on any atom is 0.413 e. The van der Waals surface area contributed by atoms with Crippen LogP contribution in [0, 0.1) is 0 Å². The van der Waals surface area contributed by atoms with Crippen molar-refractivity contribution >= 4 is 17.8 Å². The third-order valence-corrected chi connectivity index (χ3v) is 2.65. The van der Waals surface area contributed by atoms with Crippen molar-refractivity contribution in [1.82, 2.24) is 15.2 Å². The molecular weight excluding hydrogens is 296 g/mol. The molecule has 7 heteroatoms. The summed E-state index contributed by atoms with van der Waals surface area (Å²) in [4.78, 5) is 30.2. The van der Waals surface area contributed by atoms with Crippen molar-refractivity contribution in [3.63, 3.8) is 0 Å². The zero-order chi connectivity index (χ0) is 17.6. The Labute approximate surface area is 137 Å². The Balaban J connectivity index is 2.99. The topological polar surface area (TPSA) is 83.6 Å². The van der Waals surface area contributed by atoms with Gasteiger partial charge in [-0.3, -0.25) is 10.1 Å². The van der Waals surface area contributed by atoms with Crippen LogP contribution in [-0.4, -0.2) is 48.1 Å². The molecule has 0 spiro atoms. The molecule has 1 rings (SSSR count). The fourth-order valence-electron chi connectivity index (χ4n) is 1.86. The summed E-state index contributed by atoms with van der Waals surface area (Å²) in [5.41, 5.74) is 0.502. The number of nitrogens with one attached hydrogen (secondary N) is 2. The van der Waals surface area contributed by atoms with E-state index < -0.39 is 11.7 Å². The van der Waals surface area contributed by atoms with Gasteiger partial charge in [-0.2, -0.15) is 0 Å². The highest BCUT2D eigenvalue weighted by Crippen LogP contribution is 2.15. The number of aromatic nitrogens is 1. The number of anilines is 1. The van der Waals surface area contributed by atoms with Gasteiger partial charge in [0.15, 0.2) is 0 Å². The summed E-state index contributed by atoms with van der Waals surface area (Å²) in [6, 6.07) is 3.25. The van der Waals surface area contributed by atoms with E-state index in [2.05, 4.69) is 15.6 Å². The smallest absolute Gasteiger partial charge is 0.413 e. The highest BCUT2D eigenvalue weighted by molar-refractivity contribution is 5.95. The molecule has 2 N–H and O–H groups in total. The first-order valence-corrected chi connectivity index (χ1v) is 7.55. The summed E-state index contributed by atoms with van der Waals surface area (Å²) in [7, 11) is 3.77. The molecule has 0 saturated carbocycles. The lowest BCUT2D eigenvalue weighted by molar-refractivity contribution is 0.0635. The van der Waals surface area contributed by atoms with Crippen molar-refractivity contribution in [3.8, 4) is 0 Å². The SMILES string of the molecule is CCNC(=O)c1ccc(NC(=O)OC(C)(C)C)nc1CN(C)C. The molecule has 0 bridgehead atoms. The summed E-state index contributed by atoms with van der Waals surface area (Å²) in [6.07, 6.45) is -0.577. The molecule has 23 heavy (non-hydrogen) atoms. The Morgan fingerprint density at radius 1 is 1.26 bits per heavy atom. The van der Waals surface area contributed by atoms with Crippen molar-refractivity contribution in [1.29, 1.82) is 0 Å². The number of hydrogen-bond acceptors (Lipinski definition) is 5. The Hall–Kier alpha value is -2.15. The second-order valence-electron chi connectivity index (χ2n) is 6.41. The average Bonchev–Trinajstić information content (AvgIpc) is 2.35. The van der Waals surface area contributed by atoms with Gasteiger partial charge in [0.2, 0.25) is 0 Å². The normalized spacial score (nSPS) is 11.3. The molecule has 0 fully saturated rings. The maximum absolute atomic E-state index is 12.1. The van der Waals surface area contributed by atoms with Gasteiger partial charge < -0.3 is 15.0 Å². The summed E-state index contributed by atoms with van der Waals surface area (Å²) in [5.74, 6) is 0.171. The van der Waals surface area contributed by atoms with E-state index in [0.29, 0.717) is 30.2 Å². The highest BCUT2D eigenvalue weighted by Gasteiger charge is 2.18. The van der Waals surface area contributed by atoms with Crippen LogP contribution in [0.5, 0.6) is 0 Å². The number of carbonyl (C=O) groups is 2. The predicted molar refractivity (Wildman–Crippen MR) is 89.5 cm³/mol. The second kappa shape index (κ2) is 7.92. The average molecular weight is 322 g/mol. The van der Waals surface area contributed by atoms with Crippen LogP contribution >= 0.6 is 0 Å². The van der Waals surface area contributed by atoms with Gasteiger partial charge in [0.25, 0.3) is 5.91 Å². The highest BCUT2D eigenvalue weighted by atomic mass is 16.6. The van der Waals surface area contributed by atoms with Crippen LogP contribution in [0.2, 0.25) is 0 Å². The first-order valence-electron chi connectivity index (χ1n) is 7.55. The molecule has 128 valence electrons. The Morgan fingerprint density at radius 3 is 2.43 bits per heavy atom. The zero-order valence-electron chi connectivity index (χ0n) is 14.7. The molecule has 7 nitrogen and oxygen atoms in total. The van der Waals surface area contributed by atoms with Crippen LogP contribution in [0.1, 0.15) is 43.7 Å². The number of rotatable bonds is 5. The molecule has 0 aromatic carbocycles. The van der Waals surface area contributed by atoms with Crippen molar-refractivity contribution in [3.05, 3.63) is 23.4 Å². The maximum atomic E-state index is 12.1. The van der Waals surface area contributed by atoms with Crippen molar-refractivity contribution < 1.29 is 14.3 Å². The van der Waals surface area contributed by atoms with Crippen LogP contribution in [0.15, 0.2) is 12.1 Å². The molecule has 1 aromatic rings. The van der Waals surface area contributed by atoms with Gasteiger partial charge in [0.1, 0.15) is 11.4 Å². The fraction of sp³-hybridized carbons (Fsp3) is 0.562. The van der Waals surface area contributed by atoms with Gasteiger partial charge in [-0.15, -0.1) is 0 Å². The summed E-state index contributed by atoms with van der Waals surface area (Å²) < 4.78 is 5.20. The van der Waals surface area contributed by atoms with Crippen LogP contribution < -0.4 is 10.6 Å². The summed E-state index contributed by atoms with van der Waals surface area (Å²) >= 11 is 0. The molecule has 0 radical (unpaired) electrons. The molecule has 0 atom stereocenters. The number of pyridine rings is 1. The van der Waals surface area contributed by atoms with Gasteiger partial charge >= 0.3 is 6.09 Å². The Morgan fingerprint density at radius 2 is 1.91 bits per heavy atom. The van der Waals surface area contributed by atoms with Crippen LogP contribution in [0.25, 0.3) is 0 Å². The van der Waals surface area contributed by atoms with E-state index in [0.717, 1.165) is 0 Å². The van der Waals surface area contributed by atoms with E-state index in [9.17, 15) is 9.59 Å². The molecule has 1 aromatic heterocycles. The molecule has 2 amide bonds. The lowest BCUT2D eigenvalue weighted by Gasteiger charge is -2.20. The van der Waals surface area contributed by atoms with Crippen molar-refractivity contribution in [2.75, 3.05) is 26.0 Å².